The number of hydrazone groups is 1. The number of anilines is 1. The van der Waals surface area contributed by atoms with Gasteiger partial charge in [-0.3, -0.25) is 9.10 Å². The van der Waals surface area contributed by atoms with E-state index < -0.39 is 34.2 Å². The van der Waals surface area contributed by atoms with Crippen LogP contribution in [0.4, 0.5) is 18.9 Å². The predicted molar refractivity (Wildman–Crippen MR) is 131 cm³/mol. The van der Waals surface area contributed by atoms with Gasteiger partial charge in [-0.25, -0.2) is 13.8 Å². The summed E-state index contributed by atoms with van der Waals surface area (Å²) in [6, 6.07) is 16.8. The zero-order valence-corrected chi connectivity index (χ0v) is 20.3. The fourth-order valence-electron chi connectivity index (χ4n) is 3.17. The number of amides is 1. The van der Waals surface area contributed by atoms with Gasteiger partial charge in [0.15, 0.2) is 0 Å². The number of sulfonamides is 1. The van der Waals surface area contributed by atoms with Gasteiger partial charge >= 0.3 is 6.18 Å². The molecule has 0 spiro atoms. The Kier molecular flexibility index (Phi) is 8.36. The third-order valence-corrected chi connectivity index (χ3v) is 6.74. The fraction of sp³-hybridized carbons (Fsp3) is 0.200. The van der Waals surface area contributed by atoms with Crippen LogP contribution in [0.1, 0.15) is 23.6 Å². The van der Waals surface area contributed by atoms with Gasteiger partial charge in [0.05, 0.1) is 29.0 Å². The second-order valence-corrected chi connectivity index (χ2v) is 9.53. The van der Waals surface area contributed by atoms with Crippen molar-refractivity contribution < 1.29 is 31.1 Å². The van der Waals surface area contributed by atoms with Crippen molar-refractivity contribution in [3.05, 3.63) is 89.5 Å². The van der Waals surface area contributed by atoms with E-state index in [9.17, 15) is 26.4 Å². The molecule has 0 fully saturated rings. The van der Waals surface area contributed by atoms with Gasteiger partial charge in [0.2, 0.25) is 0 Å². The number of ether oxygens (including phenoxy) is 1. The number of nitrogens with zero attached hydrogens (tertiary/aromatic N) is 2. The summed E-state index contributed by atoms with van der Waals surface area (Å²) in [5.74, 6) is -0.284. The Labute approximate surface area is 207 Å². The van der Waals surface area contributed by atoms with Crippen LogP contribution < -0.4 is 14.5 Å². The van der Waals surface area contributed by atoms with E-state index in [0.29, 0.717) is 12.4 Å². The Morgan fingerprint density at radius 1 is 1.06 bits per heavy atom. The van der Waals surface area contributed by atoms with Crippen molar-refractivity contribution in [3.8, 4) is 5.75 Å². The van der Waals surface area contributed by atoms with Gasteiger partial charge in [-0.1, -0.05) is 29.8 Å². The van der Waals surface area contributed by atoms with Crippen molar-refractivity contribution in [3.63, 3.8) is 0 Å². The minimum absolute atomic E-state index is 0.0493. The molecule has 3 rings (SSSR count). The highest BCUT2D eigenvalue weighted by Gasteiger charge is 2.30. The third kappa shape index (κ3) is 6.85. The molecule has 11 heteroatoms. The number of rotatable bonds is 9. The minimum atomic E-state index is -4.52. The number of halogens is 3. The van der Waals surface area contributed by atoms with Gasteiger partial charge in [-0.15, -0.1) is 0 Å². The van der Waals surface area contributed by atoms with E-state index in [4.69, 9.17) is 4.74 Å². The van der Waals surface area contributed by atoms with Crippen molar-refractivity contribution in [2.75, 3.05) is 17.5 Å². The van der Waals surface area contributed by atoms with Crippen LogP contribution in [0.25, 0.3) is 0 Å². The smallest absolute Gasteiger partial charge is 0.416 e. The number of benzene rings is 3. The van der Waals surface area contributed by atoms with Crippen LogP contribution in [-0.4, -0.2) is 33.7 Å². The van der Waals surface area contributed by atoms with Crippen molar-refractivity contribution in [1.82, 2.24) is 5.43 Å². The van der Waals surface area contributed by atoms with Gasteiger partial charge in [0, 0.05) is 0 Å². The van der Waals surface area contributed by atoms with Crippen LogP contribution in [0.3, 0.4) is 0 Å². The number of hydrogen-bond donors (Lipinski definition) is 1. The standard InChI is InChI=1S/C25H24F3N3O4S/c1-3-35-22-11-13-23(14-12-22)36(33,34)31(21-9-7-18(2)8-10-21)17-24(32)30-29-16-19-5-4-6-20(15-19)25(26,27)28/h4-16H,3,17H2,1-2H3,(H,30,32)/b29-16-. The van der Waals surface area contributed by atoms with Crippen LogP contribution in [0.5, 0.6) is 5.75 Å². The van der Waals surface area contributed by atoms with Gasteiger partial charge < -0.3 is 4.74 Å². The highest BCUT2D eigenvalue weighted by atomic mass is 32.2. The van der Waals surface area contributed by atoms with E-state index in [1.54, 1.807) is 31.2 Å². The molecule has 3 aromatic carbocycles. The molecule has 0 unspecified atom stereocenters. The Morgan fingerprint density at radius 3 is 2.33 bits per heavy atom. The van der Waals surface area contributed by atoms with Crippen molar-refractivity contribution >= 4 is 27.8 Å². The lowest BCUT2D eigenvalue weighted by atomic mass is 10.1. The van der Waals surface area contributed by atoms with Gasteiger partial charge in [0.25, 0.3) is 15.9 Å². The average Bonchev–Trinajstić information content (AvgIpc) is 2.83. The molecule has 0 aliphatic rings. The molecule has 0 saturated heterocycles. The van der Waals surface area contributed by atoms with Crippen LogP contribution in [0.15, 0.2) is 82.8 Å². The van der Waals surface area contributed by atoms with Crippen molar-refractivity contribution in [2.45, 2.75) is 24.9 Å². The SMILES string of the molecule is CCOc1ccc(S(=O)(=O)N(CC(=O)N/N=C\c2cccc(C(F)(F)F)c2)c2ccc(C)cc2)cc1. The first-order valence-corrected chi connectivity index (χ1v) is 12.3. The predicted octanol–water partition coefficient (Wildman–Crippen LogP) is 4.76. The Bertz CT molecular complexity index is 1320. The maximum Gasteiger partial charge on any atom is 0.416 e. The largest absolute Gasteiger partial charge is 0.494 e. The van der Waals surface area contributed by atoms with Crippen LogP contribution >= 0.6 is 0 Å². The quantitative estimate of drug-likeness (QED) is 0.326. The third-order valence-electron chi connectivity index (χ3n) is 4.95. The zero-order chi connectivity index (χ0) is 26.3. The summed E-state index contributed by atoms with van der Waals surface area (Å²) in [6.07, 6.45) is -3.47. The number of aryl methyl sites for hydroxylation is 1. The molecule has 0 saturated carbocycles. The number of alkyl halides is 3. The lowest BCUT2D eigenvalue weighted by Gasteiger charge is -2.24. The molecule has 0 heterocycles. The second kappa shape index (κ2) is 11.3. The Morgan fingerprint density at radius 2 is 1.72 bits per heavy atom. The van der Waals surface area contributed by atoms with Gasteiger partial charge in [-0.2, -0.15) is 18.3 Å². The molecule has 0 radical (unpaired) electrons. The Hall–Kier alpha value is -3.86. The average molecular weight is 520 g/mol. The summed E-state index contributed by atoms with van der Waals surface area (Å²) in [7, 11) is -4.15. The van der Waals surface area contributed by atoms with Gasteiger partial charge in [0.1, 0.15) is 12.3 Å². The molecule has 36 heavy (non-hydrogen) atoms. The monoisotopic (exact) mass is 519 g/mol. The first kappa shape index (κ1) is 26.7. The molecule has 190 valence electrons. The molecule has 0 aliphatic heterocycles. The lowest BCUT2D eigenvalue weighted by molar-refractivity contribution is -0.137. The highest BCUT2D eigenvalue weighted by molar-refractivity contribution is 7.92. The maximum atomic E-state index is 13.4. The normalized spacial score (nSPS) is 11.9. The van der Waals surface area contributed by atoms with E-state index in [0.717, 1.165) is 28.2 Å². The van der Waals surface area contributed by atoms with E-state index in [-0.39, 0.29) is 16.1 Å². The molecule has 0 atom stereocenters. The van der Waals surface area contributed by atoms with E-state index in [1.165, 1.54) is 36.4 Å². The van der Waals surface area contributed by atoms with Crippen LogP contribution in [0.2, 0.25) is 0 Å². The molecule has 1 N–H and O–H groups in total. The van der Waals surface area contributed by atoms with Crippen molar-refractivity contribution in [1.29, 1.82) is 0 Å². The van der Waals surface area contributed by atoms with E-state index in [1.807, 2.05) is 6.92 Å². The summed E-state index contributed by atoms with van der Waals surface area (Å²) in [4.78, 5) is 12.5. The molecule has 0 bridgehead atoms. The van der Waals surface area contributed by atoms with Crippen LogP contribution in [-0.2, 0) is 21.0 Å². The lowest BCUT2D eigenvalue weighted by Crippen LogP contribution is -2.39. The fourth-order valence-corrected chi connectivity index (χ4v) is 4.59. The molecule has 7 nitrogen and oxygen atoms in total. The maximum absolute atomic E-state index is 13.4. The van der Waals surface area contributed by atoms with E-state index in [2.05, 4.69) is 10.5 Å². The minimum Gasteiger partial charge on any atom is -0.494 e. The molecule has 3 aromatic rings. The molecule has 0 aliphatic carbocycles. The van der Waals surface area contributed by atoms with Crippen molar-refractivity contribution in [2.24, 2.45) is 5.10 Å². The van der Waals surface area contributed by atoms with E-state index >= 15 is 0 Å². The van der Waals surface area contributed by atoms with Crippen LogP contribution in [0, 0.1) is 6.92 Å². The summed E-state index contributed by atoms with van der Waals surface area (Å²) in [5, 5.41) is 3.68. The number of carbonyl (C=O) groups is 1. The zero-order valence-electron chi connectivity index (χ0n) is 19.5. The Balaban J connectivity index is 1.81. The molecule has 0 aromatic heterocycles. The topological polar surface area (TPSA) is 88.1 Å². The molecule has 1 amide bonds. The number of carbonyl (C=O) groups excluding carboxylic acids is 1. The second-order valence-electron chi connectivity index (χ2n) is 7.67. The summed E-state index contributed by atoms with van der Waals surface area (Å²) in [5.41, 5.74) is 2.58. The molecular weight excluding hydrogens is 495 g/mol. The molecular formula is C25H24F3N3O4S. The first-order valence-electron chi connectivity index (χ1n) is 10.8. The number of nitrogens with one attached hydrogen (secondary N) is 1. The van der Waals surface area contributed by atoms with Gasteiger partial charge in [-0.05, 0) is 67.9 Å². The number of hydrogen-bond acceptors (Lipinski definition) is 5. The first-order chi connectivity index (χ1) is 17.0. The summed E-state index contributed by atoms with van der Waals surface area (Å²) < 4.78 is 71.7. The summed E-state index contributed by atoms with van der Waals surface area (Å²) in [6.45, 7) is 3.45. The highest BCUT2D eigenvalue weighted by Crippen LogP contribution is 2.29. The summed E-state index contributed by atoms with van der Waals surface area (Å²) >= 11 is 0.